The minimum absolute atomic E-state index is 0.00540. The van der Waals surface area contributed by atoms with Crippen LogP contribution in [0.1, 0.15) is 33.6 Å². The number of alkyl halides is 1. The van der Waals surface area contributed by atoms with Gasteiger partial charge < -0.3 is 4.74 Å². The summed E-state index contributed by atoms with van der Waals surface area (Å²) >= 11 is 6.03. The van der Waals surface area contributed by atoms with Crippen molar-refractivity contribution in [3.8, 4) is 0 Å². The Morgan fingerprint density at radius 1 is 1.50 bits per heavy atom. The molecule has 0 bridgehead atoms. The van der Waals surface area contributed by atoms with Crippen LogP contribution in [0.5, 0.6) is 0 Å². The second kappa shape index (κ2) is 3.00. The van der Waals surface area contributed by atoms with E-state index in [1.807, 2.05) is 20.8 Å². The van der Waals surface area contributed by atoms with Crippen molar-refractivity contribution < 1.29 is 9.53 Å². The number of hydrogen-bond donors (Lipinski definition) is 0. The smallest absolute Gasteiger partial charge is 0.200 e. The van der Waals surface area contributed by atoms with Gasteiger partial charge in [-0.25, -0.2) is 0 Å². The molecule has 0 saturated carbocycles. The molecule has 0 aromatic carbocycles. The Morgan fingerprint density at radius 3 is 2.42 bits per heavy atom. The van der Waals surface area contributed by atoms with E-state index in [0.29, 0.717) is 13.0 Å². The van der Waals surface area contributed by atoms with Gasteiger partial charge in [-0.1, -0.05) is 32.4 Å². The fourth-order valence-corrected chi connectivity index (χ4v) is 1.84. The summed E-state index contributed by atoms with van der Waals surface area (Å²) in [6.07, 6.45) is 1.52. The number of halogens is 1. The molecule has 70 valence electrons. The van der Waals surface area contributed by atoms with Crippen LogP contribution in [0.2, 0.25) is 0 Å². The Bertz CT molecular complexity index is 187. The SMILES string of the molecule is CC(C)(C)C(=O)C1(Cl)CCCO1. The molecule has 1 aliphatic heterocycles. The lowest BCUT2D eigenvalue weighted by Crippen LogP contribution is -2.40. The molecule has 1 atom stereocenters. The molecule has 0 aliphatic carbocycles. The second-order valence-electron chi connectivity index (χ2n) is 4.26. The lowest BCUT2D eigenvalue weighted by molar-refractivity contribution is -0.139. The zero-order chi connectivity index (χ0) is 9.41. The lowest BCUT2D eigenvalue weighted by Gasteiger charge is -2.27. The van der Waals surface area contributed by atoms with Crippen LogP contribution in [-0.2, 0) is 9.53 Å². The summed E-state index contributed by atoms with van der Waals surface area (Å²) in [6.45, 7) is 6.19. The number of hydrogen-bond acceptors (Lipinski definition) is 2. The van der Waals surface area contributed by atoms with E-state index in [9.17, 15) is 4.79 Å². The molecule has 0 aromatic heterocycles. The predicted octanol–water partition coefficient (Wildman–Crippen LogP) is 2.35. The molecule has 1 heterocycles. The molecule has 3 heteroatoms. The third kappa shape index (κ3) is 1.80. The van der Waals surface area contributed by atoms with Crippen LogP contribution in [0.4, 0.5) is 0 Å². The molecule has 0 aromatic rings. The van der Waals surface area contributed by atoms with E-state index in [1.165, 1.54) is 0 Å². The summed E-state index contributed by atoms with van der Waals surface area (Å²) in [4.78, 5) is 11.7. The van der Waals surface area contributed by atoms with Crippen LogP contribution in [0.15, 0.2) is 0 Å². The highest BCUT2D eigenvalue weighted by Crippen LogP contribution is 2.36. The summed E-state index contributed by atoms with van der Waals surface area (Å²) in [5, 5.41) is -1.03. The molecule has 1 fully saturated rings. The molecular formula is C9H15ClO2. The Hall–Kier alpha value is -0.0800. The van der Waals surface area contributed by atoms with Crippen molar-refractivity contribution in [2.45, 2.75) is 38.7 Å². The lowest BCUT2D eigenvalue weighted by atomic mass is 9.86. The molecule has 0 N–H and O–H groups in total. The Balaban J connectivity index is 2.75. The average Bonchev–Trinajstić information content (AvgIpc) is 2.34. The Labute approximate surface area is 78.2 Å². The van der Waals surface area contributed by atoms with Gasteiger partial charge in [0.2, 0.25) is 5.06 Å². The molecule has 12 heavy (non-hydrogen) atoms. The molecule has 1 aliphatic rings. The average molecular weight is 191 g/mol. The normalized spacial score (nSPS) is 30.7. The van der Waals surface area contributed by atoms with Crippen molar-refractivity contribution in [2.75, 3.05) is 6.61 Å². The molecule has 2 nitrogen and oxygen atoms in total. The van der Waals surface area contributed by atoms with Gasteiger partial charge in [-0.15, -0.1) is 0 Å². The number of Topliss-reactive ketones (excluding diaryl/α,β-unsaturated/α-hetero) is 1. The molecule has 0 radical (unpaired) electrons. The molecule has 0 amide bonds. The highest BCUT2D eigenvalue weighted by Gasteiger charge is 2.45. The van der Waals surface area contributed by atoms with E-state index < -0.39 is 10.5 Å². The molecule has 1 rings (SSSR count). The van der Waals surface area contributed by atoms with E-state index in [-0.39, 0.29) is 5.78 Å². The van der Waals surface area contributed by atoms with Crippen molar-refractivity contribution in [3.63, 3.8) is 0 Å². The van der Waals surface area contributed by atoms with Gasteiger partial charge in [0.15, 0.2) is 5.78 Å². The van der Waals surface area contributed by atoms with Gasteiger partial charge in [-0.05, 0) is 6.42 Å². The summed E-state index contributed by atoms with van der Waals surface area (Å²) in [5.74, 6) is -0.00540. The first-order chi connectivity index (χ1) is 5.36. The van der Waals surface area contributed by atoms with Gasteiger partial charge in [-0.3, -0.25) is 4.79 Å². The minimum atomic E-state index is -1.03. The maximum Gasteiger partial charge on any atom is 0.200 e. The Morgan fingerprint density at radius 2 is 2.08 bits per heavy atom. The zero-order valence-electron chi connectivity index (χ0n) is 7.82. The van der Waals surface area contributed by atoms with E-state index in [4.69, 9.17) is 16.3 Å². The predicted molar refractivity (Wildman–Crippen MR) is 48.2 cm³/mol. The van der Waals surface area contributed by atoms with Gasteiger partial charge in [0.25, 0.3) is 0 Å². The van der Waals surface area contributed by atoms with Crippen molar-refractivity contribution in [2.24, 2.45) is 5.41 Å². The summed E-state index contributed by atoms with van der Waals surface area (Å²) in [6, 6.07) is 0. The third-order valence-electron chi connectivity index (χ3n) is 1.99. The zero-order valence-corrected chi connectivity index (χ0v) is 8.57. The van der Waals surface area contributed by atoms with Crippen LogP contribution in [0.3, 0.4) is 0 Å². The number of rotatable bonds is 1. The molecule has 0 spiro atoms. The number of ketones is 1. The van der Waals surface area contributed by atoms with E-state index in [0.717, 1.165) is 6.42 Å². The molecular weight excluding hydrogens is 176 g/mol. The maximum absolute atomic E-state index is 11.7. The van der Waals surface area contributed by atoms with Gasteiger partial charge in [0.05, 0.1) is 0 Å². The number of ether oxygens (including phenoxy) is 1. The maximum atomic E-state index is 11.7. The van der Waals surface area contributed by atoms with Crippen LogP contribution in [-0.4, -0.2) is 17.5 Å². The van der Waals surface area contributed by atoms with E-state index in [1.54, 1.807) is 0 Å². The quantitative estimate of drug-likeness (QED) is 0.594. The molecule has 1 saturated heterocycles. The van der Waals surface area contributed by atoms with Crippen LogP contribution >= 0.6 is 11.6 Å². The monoisotopic (exact) mass is 190 g/mol. The first-order valence-electron chi connectivity index (χ1n) is 4.24. The Kier molecular flexibility index (Phi) is 2.50. The summed E-state index contributed by atoms with van der Waals surface area (Å²) in [7, 11) is 0. The first-order valence-corrected chi connectivity index (χ1v) is 4.62. The second-order valence-corrected chi connectivity index (χ2v) is 4.87. The first kappa shape index (κ1) is 10.0. The number of carbonyl (C=O) groups is 1. The fourth-order valence-electron chi connectivity index (χ4n) is 1.34. The highest BCUT2D eigenvalue weighted by atomic mass is 35.5. The third-order valence-corrected chi connectivity index (χ3v) is 2.46. The van der Waals surface area contributed by atoms with Gasteiger partial charge in [0, 0.05) is 18.4 Å². The number of carbonyl (C=O) groups excluding carboxylic acids is 1. The molecule has 1 unspecified atom stereocenters. The summed E-state index contributed by atoms with van der Waals surface area (Å²) in [5.41, 5.74) is -0.411. The van der Waals surface area contributed by atoms with Crippen molar-refractivity contribution in [1.82, 2.24) is 0 Å². The van der Waals surface area contributed by atoms with Gasteiger partial charge >= 0.3 is 0 Å². The van der Waals surface area contributed by atoms with Crippen molar-refractivity contribution >= 4 is 17.4 Å². The van der Waals surface area contributed by atoms with E-state index >= 15 is 0 Å². The highest BCUT2D eigenvalue weighted by molar-refractivity contribution is 6.34. The largest absolute Gasteiger partial charge is 0.353 e. The van der Waals surface area contributed by atoms with Crippen LogP contribution in [0.25, 0.3) is 0 Å². The topological polar surface area (TPSA) is 26.3 Å². The standard InChI is InChI=1S/C9H15ClO2/c1-8(2,3)7(11)9(10)5-4-6-12-9/h4-6H2,1-3H3. The van der Waals surface area contributed by atoms with E-state index in [2.05, 4.69) is 0 Å². The van der Waals surface area contributed by atoms with Crippen molar-refractivity contribution in [3.05, 3.63) is 0 Å². The fraction of sp³-hybridized carbons (Fsp3) is 0.889. The minimum Gasteiger partial charge on any atom is -0.353 e. The van der Waals surface area contributed by atoms with Gasteiger partial charge in [0.1, 0.15) is 0 Å². The van der Waals surface area contributed by atoms with Gasteiger partial charge in [-0.2, -0.15) is 0 Å². The van der Waals surface area contributed by atoms with Crippen LogP contribution in [0, 0.1) is 5.41 Å². The summed E-state index contributed by atoms with van der Waals surface area (Å²) < 4.78 is 5.24. The van der Waals surface area contributed by atoms with Crippen LogP contribution < -0.4 is 0 Å². The van der Waals surface area contributed by atoms with Crippen molar-refractivity contribution in [1.29, 1.82) is 0 Å².